The Balaban J connectivity index is 2.08. The number of rotatable bonds is 0. The van der Waals surface area contributed by atoms with Crippen molar-refractivity contribution in [1.82, 2.24) is 5.48 Å². The second-order valence-electron chi connectivity index (χ2n) is 0.959. The molecular weight excluding hydrogens is 66.0 g/mol. The number of nitrogens with one attached hydrogen (secondary N) is 1. The molecule has 0 bridgehead atoms. The van der Waals surface area contributed by atoms with E-state index in [0.717, 1.165) is 13.0 Å². The van der Waals surface area contributed by atoms with Crippen molar-refractivity contribution >= 4 is 0 Å². The van der Waals surface area contributed by atoms with E-state index in [-0.39, 0.29) is 0 Å². The van der Waals surface area contributed by atoms with Gasteiger partial charge in [-0.25, -0.2) is 6.54 Å². The zero-order valence-corrected chi connectivity index (χ0v) is 2.90. The molecule has 0 atom stereocenters. The third kappa shape index (κ3) is 0.597. The van der Waals surface area contributed by atoms with Crippen LogP contribution in [0.25, 0.3) is 0 Å². The Morgan fingerprint density at radius 1 is 1.80 bits per heavy atom. The maximum absolute atomic E-state index is 4.64. The molecule has 0 spiro atoms. The summed E-state index contributed by atoms with van der Waals surface area (Å²) >= 11 is 0. The Hall–Kier alpha value is -0.0800. The maximum atomic E-state index is 4.64. The highest BCUT2D eigenvalue weighted by molar-refractivity contribution is 4.58. The van der Waals surface area contributed by atoms with Gasteiger partial charge in [-0.2, -0.15) is 0 Å². The molecule has 2 heteroatoms. The molecule has 30 valence electrons. The summed E-state index contributed by atoms with van der Waals surface area (Å²) in [5.41, 5.74) is 2.60. The van der Waals surface area contributed by atoms with Gasteiger partial charge >= 0.3 is 0 Å². The molecule has 1 rings (SSSR count). The largest absolute Gasteiger partial charge is 0.351 e. The van der Waals surface area contributed by atoms with Crippen LogP contribution in [0.2, 0.25) is 0 Å². The van der Waals surface area contributed by atoms with Crippen LogP contribution in [0.1, 0.15) is 6.42 Å². The molecule has 0 radical (unpaired) electrons. The molecule has 5 heavy (non-hydrogen) atoms. The van der Waals surface area contributed by atoms with Gasteiger partial charge in [-0.05, 0) is 0 Å². The van der Waals surface area contributed by atoms with Gasteiger partial charge in [0.05, 0.1) is 0 Å². The topological polar surface area (TPSA) is 21.3 Å². The van der Waals surface area contributed by atoms with Crippen molar-refractivity contribution in [3.63, 3.8) is 0 Å². The fraction of sp³-hybridized carbons (Fsp3) is 0.667. The Bertz CT molecular complexity index is 18.5. The van der Waals surface area contributed by atoms with Crippen molar-refractivity contribution in [1.29, 1.82) is 0 Å². The lowest BCUT2D eigenvalue weighted by Gasteiger charge is -1.91. The Morgan fingerprint density at radius 2 is 2.80 bits per heavy atom. The van der Waals surface area contributed by atoms with Gasteiger partial charge in [0, 0.05) is 6.61 Å². The highest BCUT2D eigenvalue weighted by Crippen LogP contribution is 1.89. The van der Waals surface area contributed by atoms with Gasteiger partial charge < -0.3 is 10.3 Å². The van der Waals surface area contributed by atoms with Crippen molar-refractivity contribution in [2.45, 2.75) is 6.42 Å². The van der Waals surface area contributed by atoms with Crippen LogP contribution in [0.15, 0.2) is 0 Å². The van der Waals surface area contributed by atoms with E-state index in [9.17, 15) is 0 Å². The molecule has 2 nitrogen and oxygen atoms in total. The Morgan fingerprint density at radius 3 is 3.00 bits per heavy atom. The molecule has 0 saturated carbocycles. The highest BCUT2D eigenvalue weighted by atomic mass is 16.6. The van der Waals surface area contributed by atoms with Gasteiger partial charge in [0.1, 0.15) is 0 Å². The van der Waals surface area contributed by atoms with Crippen molar-refractivity contribution in [3.05, 3.63) is 6.54 Å². The van der Waals surface area contributed by atoms with E-state index in [2.05, 4.69) is 10.3 Å². The molecule has 1 aliphatic heterocycles. The predicted octanol–water partition coefficient (Wildman–Crippen LogP) is 0.0731. The van der Waals surface area contributed by atoms with Gasteiger partial charge in [-0.3, -0.25) is 0 Å². The first kappa shape index (κ1) is 3.12. The number of hydroxylamine groups is 1. The van der Waals surface area contributed by atoms with E-state index in [4.69, 9.17) is 0 Å². The summed E-state index contributed by atoms with van der Waals surface area (Å²) in [6.07, 6.45) is 1.04. The van der Waals surface area contributed by atoms with Gasteiger partial charge in [-0.15, -0.1) is 6.42 Å². The molecule has 1 aliphatic rings. The SMILES string of the molecule is [CH-]1CCON1. The molecule has 0 amide bonds. The molecule has 1 saturated heterocycles. The van der Waals surface area contributed by atoms with Crippen LogP contribution in [0.3, 0.4) is 0 Å². The minimum Gasteiger partial charge on any atom is -0.351 e. The predicted molar refractivity (Wildman–Crippen MR) is 18.0 cm³/mol. The van der Waals surface area contributed by atoms with E-state index in [1.165, 1.54) is 0 Å². The molecular formula is C3H6NO-. The summed E-state index contributed by atoms with van der Waals surface area (Å²) in [6.45, 7) is 2.72. The summed E-state index contributed by atoms with van der Waals surface area (Å²) in [6, 6.07) is 0. The fourth-order valence-corrected chi connectivity index (χ4v) is 0.295. The molecule has 0 unspecified atom stereocenters. The van der Waals surface area contributed by atoms with Crippen LogP contribution in [0, 0.1) is 6.54 Å². The third-order valence-corrected chi connectivity index (χ3v) is 0.531. The molecule has 0 aliphatic carbocycles. The highest BCUT2D eigenvalue weighted by Gasteiger charge is 1.81. The lowest BCUT2D eigenvalue weighted by molar-refractivity contribution is 0.110. The summed E-state index contributed by atoms with van der Waals surface area (Å²) in [4.78, 5) is 4.64. The first-order valence-electron chi connectivity index (χ1n) is 1.69. The van der Waals surface area contributed by atoms with Crippen LogP contribution in [-0.4, -0.2) is 6.61 Å². The minimum absolute atomic E-state index is 0.833. The molecule has 0 aromatic rings. The van der Waals surface area contributed by atoms with Crippen LogP contribution < -0.4 is 5.48 Å². The zero-order chi connectivity index (χ0) is 3.54. The molecule has 0 aromatic heterocycles. The van der Waals surface area contributed by atoms with Crippen molar-refractivity contribution in [3.8, 4) is 0 Å². The number of hydrogen-bond acceptors (Lipinski definition) is 2. The van der Waals surface area contributed by atoms with Crippen molar-refractivity contribution < 1.29 is 4.84 Å². The lowest BCUT2D eigenvalue weighted by Crippen LogP contribution is -1.96. The summed E-state index contributed by atoms with van der Waals surface area (Å²) in [7, 11) is 0. The van der Waals surface area contributed by atoms with Gasteiger partial charge in [-0.1, -0.05) is 0 Å². The van der Waals surface area contributed by atoms with E-state index >= 15 is 0 Å². The summed E-state index contributed by atoms with van der Waals surface area (Å²) in [5.74, 6) is 0. The summed E-state index contributed by atoms with van der Waals surface area (Å²) in [5, 5.41) is 0. The van der Waals surface area contributed by atoms with Crippen LogP contribution in [-0.2, 0) is 4.84 Å². The second kappa shape index (κ2) is 1.38. The standard InChI is InChI=1S/C3H6NO/c1-2-4-5-3-1/h2,4H,1,3H2/q-1. The van der Waals surface area contributed by atoms with Crippen LogP contribution in [0.5, 0.6) is 0 Å². The first-order valence-corrected chi connectivity index (χ1v) is 1.69. The Labute approximate surface area is 31.1 Å². The molecule has 1 heterocycles. The normalized spacial score (nSPS) is 24.0. The molecule has 1 N–H and O–H groups in total. The van der Waals surface area contributed by atoms with Gasteiger partial charge in [0.15, 0.2) is 0 Å². The molecule has 1 fully saturated rings. The van der Waals surface area contributed by atoms with Crippen LogP contribution in [0.4, 0.5) is 0 Å². The zero-order valence-electron chi connectivity index (χ0n) is 2.90. The second-order valence-corrected chi connectivity index (χ2v) is 0.959. The third-order valence-electron chi connectivity index (χ3n) is 0.531. The van der Waals surface area contributed by atoms with Gasteiger partial charge in [0.25, 0.3) is 0 Å². The Kier molecular flexibility index (Phi) is 0.862. The minimum atomic E-state index is 0.833. The fourth-order valence-electron chi connectivity index (χ4n) is 0.295. The van der Waals surface area contributed by atoms with Crippen molar-refractivity contribution in [2.75, 3.05) is 6.61 Å². The monoisotopic (exact) mass is 72.0 g/mol. The maximum Gasteiger partial charge on any atom is 0.0391 e. The van der Waals surface area contributed by atoms with Crippen molar-refractivity contribution in [2.24, 2.45) is 0 Å². The first-order chi connectivity index (χ1) is 2.50. The average Bonchev–Trinajstić information content (AvgIpc) is 1.76. The van der Waals surface area contributed by atoms with E-state index in [1.54, 1.807) is 0 Å². The van der Waals surface area contributed by atoms with E-state index < -0.39 is 0 Å². The lowest BCUT2D eigenvalue weighted by atomic mass is 10.5. The van der Waals surface area contributed by atoms with Crippen LogP contribution >= 0.6 is 0 Å². The average molecular weight is 72.1 g/mol. The number of hydrogen-bond donors (Lipinski definition) is 1. The summed E-state index contributed by atoms with van der Waals surface area (Å²) < 4.78 is 0. The quantitative estimate of drug-likeness (QED) is 0.409. The smallest absolute Gasteiger partial charge is 0.0391 e. The van der Waals surface area contributed by atoms with E-state index in [0.29, 0.717) is 0 Å². The van der Waals surface area contributed by atoms with E-state index in [1.807, 2.05) is 6.54 Å². The van der Waals surface area contributed by atoms with Gasteiger partial charge in [0.2, 0.25) is 0 Å². The molecule has 0 aromatic carbocycles.